The number of hydrogen-bond donors (Lipinski definition) is 0. The van der Waals surface area contributed by atoms with Crippen molar-refractivity contribution in [3.8, 4) is 11.8 Å². The second-order valence-corrected chi connectivity index (χ2v) is 5.55. The van der Waals surface area contributed by atoms with Gasteiger partial charge in [-0.1, -0.05) is 25.0 Å². The predicted octanol–water partition coefficient (Wildman–Crippen LogP) is 2.76. The Morgan fingerprint density at radius 1 is 1.24 bits per heavy atom. The third kappa shape index (κ3) is 2.92. The first-order chi connectivity index (χ1) is 10.3. The highest BCUT2D eigenvalue weighted by atomic mass is 16.5. The van der Waals surface area contributed by atoms with E-state index in [0.29, 0.717) is 18.3 Å². The van der Waals surface area contributed by atoms with Gasteiger partial charge in [0.05, 0.1) is 6.54 Å². The quantitative estimate of drug-likeness (QED) is 0.852. The van der Waals surface area contributed by atoms with Crippen LogP contribution in [0.25, 0.3) is 5.57 Å². The van der Waals surface area contributed by atoms with Crippen molar-refractivity contribution in [2.24, 2.45) is 0 Å². The summed E-state index contributed by atoms with van der Waals surface area (Å²) in [5.41, 5.74) is 1.71. The Balaban J connectivity index is 1.74. The monoisotopic (exact) mass is 282 g/mol. The maximum Gasteiger partial charge on any atom is 0.184 e. The molecule has 1 aromatic rings. The van der Waals surface area contributed by atoms with E-state index >= 15 is 0 Å². The van der Waals surface area contributed by atoms with Crippen LogP contribution in [0.2, 0.25) is 0 Å². The Bertz CT molecular complexity index is 592. The fourth-order valence-corrected chi connectivity index (χ4v) is 3.09. The molecule has 1 heterocycles. The first kappa shape index (κ1) is 13.7. The third-order valence-electron chi connectivity index (χ3n) is 4.18. The van der Waals surface area contributed by atoms with Crippen LogP contribution in [0.3, 0.4) is 0 Å². The van der Waals surface area contributed by atoms with E-state index in [1.54, 1.807) is 12.1 Å². The van der Waals surface area contributed by atoms with E-state index in [1.807, 2.05) is 24.4 Å². The summed E-state index contributed by atoms with van der Waals surface area (Å²) in [6, 6.07) is 9.84. The Hall–Kier alpha value is -2.28. The van der Waals surface area contributed by atoms with Crippen LogP contribution in [-0.4, -0.2) is 29.9 Å². The Kier molecular flexibility index (Phi) is 3.92. The maximum atomic E-state index is 12.2. The Morgan fingerprint density at radius 2 is 1.95 bits per heavy atom. The summed E-state index contributed by atoms with van der Waals surface area (Å²) in [6.45, 7) is 0.545. The summed E-state index contributed by atoms with van der Waals surface area (Å²) in [6.07, 6.45) is 6.94. The third-order valence-corrected chi connectivity index (χ3v) is 4.18. The first-order valence-electron chi connectivity index (χ1n) is 7.39. The zero-order valence-electron chi connectivity index (χ0n) is 11.9. The molecule has 0 spiro atoms. The van der Waals surface area contributed by atoms with Crippen molar-refractivity contribution in [1.29, 1.82) is 5.26 Å². The molecule has 108 valence electrons. The van der Waals surface area contributed by atoms with E-state index in [2.05, 4.69) is 4.90 Å². The summed E-state index contributed by atoms with van der Waals surface area (Å²) >= 11 is 0. The van der Waals surface area contributed by atoms with Gasteiger partial charge in [-0.2, -0.15) is 5.26 Å². The van der Waals surface area contributed by atoms with Crippen LogP contribution in [0.1, 0.15) is 31.2 Å². The molecule has 0 radical (unpaired) electrons. The summed E-state index contributed by atoms with van der Waals surface area (Å²) in [5.74, 6) is 0.839. The largest absolute Gasteiger partial charge is 0.479 e. The molecular weight excluding hydrogens is 264 g/mol. The van der Waals surface area contributed by atoms with Gasteiger partial charge in [-0.05, 0) is 30.5 Å². The minimum Gasteiger partial charge on any atom is -0.479 e. The molecule has 0 unspecified atom stereocenters. The molecular formula is C17H18N2O2. The van der Waals surface area contributed by atoms with Crippen LogP contribution in [0.4, 0.5) is 0 Å². The van der Waals surface area contributed by atoms with Gasteiger partial charge in [-0.15, -0.1) is 0 Å². The van der Waals surface area contributed by atoms with E-state index in [0.717, 1.165) is 11.1 Å². The van der Waals surface area contributed by atoms with Crippen molar-refractivity contribution in [1.82, 2.24) is 4.90 Å². The van der Waals surface area contributed by atoms with E-state index in [-0.39, 0.29) is 12.4 Å². The van der Waals surface area contributed by atoms with Crippen molar-refractivity contribution in [3.05, 3.63) is 36.0 Å². The van der Waals surface area contributed by atoms with Crippen molar-refractivity contribution in [3.63, 3.8) is 0 Å². The van der Waals surface area contributed by atoms with Gasteiger partial charge in [0.25, 0.3) is 0 Å². The number of Topliss-reactive ketones (excluding diaryl/α,β-unsaturated/α-hetero) is 1. The van der Waals surface area contributed by atoms with Gasteiger partial charge in [-0.25, -0.2) is 0 Å². The second-order valence-electron chi connectivity index (χ2n) is 5.55. The average Bonchev–Trinajstić information content (AvgIpc) is 3.15. The number of rotatable bonds is 4. The SMILES string of the molecule is N#CCOc1ccc(C2=CN(C3CCCC3)CC2=O)cc1. The van der Waals surface area contributed by atoms with E-state index in [9.17, 15) is 4.79 Å². The van der Waals surface area contributed by atoms with Gasteiger partial charge in [0.15, 0.2) is 12.4 Å². The summed E-state index contributed by atoms with van der Waals surface area (Å²) in [4.78, 5) is 14.4. The molecule has 1 saturated carbocycles. The number of nitrogens with zero attached hydrogens (tertiary/aromatic N) is 2. The molecule has 4 nitrogen and oxygen atoms in total. The fraction of sp³-hybridized carbons (Fsp3) is 0.412. The molecule has 0 N–H and O–H groups in total. The number of ether oxygens (including phenoxy) is 1. The summed E-state index contributed by atoms with van der Waals surface area (Å²) in [5, 5.41) is 8.49. The normalized spacial score (nSPS) is 18.7. The van der Waals surface area contributed by atoms with Crippen LogP contribution in [0.15, 0.2) is 30.5 Å². The van der Waals surface area contributed by atoms with Crippen molar-refractivity contribution < 1.29 is 9.53 Å². The maximum absolute atomic E-state index is 12.2. The number of carbonyl (C=O) groups is 1. The number of hydrogen-bond acceptors (Lipinski definition) is 4. The van der Waals surface area contributed by atoms with E-state index in [1.165, 1.54) is 25.7 Å². The molecule has 1 aliphatic heterocycles. The van der Waals surface area contributed by atoms with Crippen LogP contribution >= 0.6 is 0 Å². The molecule has 0 aromatic heterocycles. The molecule has 2 aliphatic rings. The lowest BCUT2D eigenvalue weighted by Crippen LogP contribution is -2.28. The van der Waals surface area contributed by atoms with Gasteiger partial charge >= 0.3 is 0 Å². The Morgan fingerprint density at radius 3 is 2.62 bits per heavy atom. The van der Waals surface area contributed by atoms with Crippen LogP contribution in [0, 0.1) is 11.3 Å². The second kappa shape index (κ2) is 6.01. The number of ketones is 1. The zero-order chi connectivity index (χ0) is 14.7. The average molecular weight is 282 g/mol. The van der Waals surface area contributed by atoms with E-state index < -0.39 is 0 Å². The van der Waals surface area contributed by atoms with Crippen LogP contribution in [-0.2, 0) is 4.79 Å². The summed E-state index contributed by atoms with van der Waals surface area (Å²) < 4.78 is 5.23. The Labute approximate surface area is 124 Å². The molecule has 0 saturated heterocycles. The van der Waals surface area contributed by atoms with E-state index in [4.69, 9.17) is 10.00 Å². The van der Waals surface area contributed by atoms with Gasteiger partial charge in [0.1, 0.15) is 11.8 Å². The molecule has 1 aliphatic carbocycles. The lowest BCUT2D eigenvalue weighted by molar-refractivity contribution is -0.113. The van der Waals surface area contributed by atoms with Gasteiger partial charge in [-0.3, -0.25) is 4.79 Å². The van der Waals surface area contributed by atoms with Crippen molar-refractivity contribution in [2.45, 2.75) is 31.7 Å². The fourth-order valence-electron chi connectivity index (χ4n) is 3.09. The molecule has 0 atom stereocenters. The highest BCUT2D eigenvalue weighted by Gasteiger charge is 2.29. The molecule has 4 heteroatoms. The minimum absolute atomic E-state index is 0.0381. The number of benzene rings is 1. The lowest BCUT2D eigenvalue weighted by atomic mass is 10.0. The van der Waals surface area contributed by atoms with Gasteiger partial charge < -0.3 is 9.64 Å². The van der Waals surface area contributed by atoms with Gasteiger partial charge in [0, 0.05) is 17.8 Å². The molecule has 0 amide bonds. The molecule has 0 bridgehead atoms. The molecule has 1 fully saturated rings. The van der Waals surface area contributed by atoms with Gasteiger partial charge in [0.2, 0.25) is 0 Å². The van der Waals surface area contributed by atoms with Crippen LogP contribution < -0.4 is 4.74 Å². The zero-order valence-corrected chi connectivity index (χ0v) is 11.9. The van der Waals surface area contributed by atoms with Crippen molar-refractivity contribution in [2.75, 3.05) is 13.2 Å². The highest BCUT2D eigenvalue weighted by molar-refractivity contribution is 6.23. The number of carbonyl (C=O) groups excluding carboxylic acids is 1. The number of nitriles is 1. The molecule has 21 heavy (non-hydrogen) atoms. The topological polar surface area (TPSA) is 53.3 Å². The predicted molar refractivity (Wildman–Crippen MR) is 79.5 cm³/mol. The van der Waals surface area contributed by atoms with Crippen LogP contribution in [0.5, 0.6) is 5.75 Å². The molecule has 3 rings (SSSR count). The lowest BCUT2D eigenvalue weighted by Gasteiger charge is -2.22. The standard InChI is InChI=1S/C17H18N2O2/c18-9-10-21-15-7-5-13(6-8-15)16-11-19(12-17(16)20)14-3-1-2-4-14/h5-8,11,14H,1-4,10,12H2. The summed E-state index contributed by atoms with van der Waals surface area (Å²) in [7, 11) is 0. The highest BCUT2D eigenvalue weighted by Crippen LogP contribution is 2.30. The minimum atomic E-state index is 0.0381. The smallest absolute Gasteiger partial charge is 0.184 e. The first-order valence-corrected chi connectivity index (χ1v) is 7.39. The molecule has 1 aromatic carbocycles. The van der Waals surface area contributed by atoms with Crippen molar-refractivity contribution >= 4 is 11.4 Å².